The van der Waals surface area contributed by atoms with E-state index in [4.69, 9.17) is 9.47 Å². The van der Waals surface area contributed by atoms with Gasteiger partial charge in [-0.3, -0.25) is 4.79 Å². The number of hydrogen-bond acceptors (Lipinski definition) is 5. The molecule has 156 valence electrons. The number of benzene rings is 2. The molecule has 3 rings (SSSR count). The first kappa shape index (κ1) is 21.0. The Kier molecular flexibility index (Phi) is 7.10. The van der Waals surface area contributed by atoms with Crippen molar-refractivity contribution in [3.05, 3.63) is 78.0 Å². The lowest BCUT2D eigenvalue weighted by atomic mass is 10.2. The van der Waals surface area contributed by atoms with Gasteiger partial charge < -0.3 is 24.1 Å². The molecule has 0 bridgehead atoms. The smallest absolute Gasteiger partial charge is 0.497 e. The van der Waals surface area contributed by atoms with Gasteiger partial charge in [-0.1, -0.05) is 36.4 Å². The molecule has 30 heavy (non-hydrogen) atoms. The molecule has 1 aromatic heterocycles. The first-order valence-corrected chi connectivity index (χ1v) is 9.46. The van der Waals surface area contributed by atoms with Gasteiger partial charge in [-0.25, -0.2) is 4.79 Å². The zero-order chi connectivity index (χ0) is 21.3. The molecule has 1 N–H and O–H groups in total. The zero-order valence-corrected chi connectivity index (χ0v) is 17.0. The molecule has 3 aromatic rings. The van der Waals surface area contributed by atoms with Crippen LogP contribution in [-0.2, 0) is 16.0 Å². The van der Waals surface area contributed by atoms with E-state index in [2.05, 4.69) is 9.72 Å². The molecule has 7 nitrogen and oxygen atoms in total. The topological polar surface area (TPSA) is 80.9 Å². The summed E-state index contributed by atoms with van der Waals surface area (Å²) in [6.45, 7) is 0.879. The van der Waals surface area contributed by atoms with Crippen LogP contribution in [0.2, 0.25) is 0 Å². The SMILES string of the molecule is COC(=O)OC/C=C/CN(Cc1ccccc1)C(=O)c1cc2ccc(OC)cc2[nH]1. The van der Waals surface area contributed by atoms with Gasteiger partial charge in [-0.05, 0) is 29.8 Å². The van der Waals surface area contributed by atoms with Crippen LogP contribution in [0.15, 0.2) is 66.7 Å². The van der Waals surface area contributed by atoms with E-state index in [1.165, 1.54) is 7.11 Å². The van der Waals surface area contributed by atoms with E-state index in [0.717, 1.165) is 22.2 Å². The number of methoxy groups -OCH3 is 2. The Labute approximate surface area is 174 Å². The minimum absolute atomic E-state index is 0.0756. The third-order valence-corrected chi connectivity index (χ3v) is 4.52. The molecule has 0 aliphatic heterocycles. The summed E-state index contributed by atoms with van der Waals surface area (Å²) in [5.41, 5.74) is 2.34. The van der Waals surface area contributed by atoms with E-state index in [1.54, 1.807) is 24.2 Å². The summed E-state index contributed by atoms with van der Waals surface area (Å²) in [4.78, 5) is 29.1. The third kappa shape index (κ3) is 5.41. The number of aromatic nitrogens is 1. The summed E-state index contributed by atoms with van der Waals surface area (Å²) >= 11 is 0. The van der Waals surface area contributed by atoms with E-state index in [-0.39, 0.29) is 12.5 Å². The quantitative estimate of drug-likeness (QED) is 0.447. The number of carbonyl (C=O) groups excluding carboxylic acids is 2. The highest BCUT2D eigenvalue weighted by molar-refractivity contribution is 5.98. The number of rotatable bonds is 8. The van der Waals surface area contributed by atoms with E-state index in [1.807, 2.05) is 54.6 Å². The highest BCUT2D eigenvalue weighted by Crippen LogP contribution is 2.22. The van der Waals surface area contributed by atoms with E-state index >= 15 is 0 Å². The van der Waals surface area contributed by atoms with E-state index in [0.29, 0.717) is 18.8 Å². The van der Waals surface area contributed by atoms with Gasteiger partial charge in [0.1, 0.15) is 18.1 Å². The van der Waals surface area contributed by atoms with Gasteiger partial charge >= 0.3 is 6.16 Å². The molecule has 0 fully saturated rings. The van der Waals surface area contributed by atoms with Crippen molar-refractivity contribution in [2.75, 3.05) is 27.4 Å². The molecular weight excluding hydrogens is 384 g/mol. The first-order valence-electron chi connectivity index (χ1n) is 9.46. The van der Waals surface area contributed by atoms with Crippen molar-refractivity contribution in [1.82, 2.24) is 9.88 Å². The Morgan fingerprint density at radius 1 is 1.03 bits per heavy atom. The molecule has 0 aliphatic carbocycles. The Hall–Kier alpha value is -3.74. The highest BCUT2D eigenvalue weighted by Gasteiger charge is 2.17. The summed E-state index contributed by atoms with van der Waals surface area (Å²) in [6.07, 6.45) is 2.72. The number of aromatic amines is 1. The van der Waals surface area contributed by atoms with Crippen LogP contribution < -0.4 is 4.74 Å². The fourth-order valence-electron chi connectivity index (χ4n) is 2.99. The van der Waals surface area contributed by atoms with Gasteiger partial charge in [0, 0.05) is 30.1 Å². The molecular formula is C23H24N2O5. The third-order valence-electron chi connectivity index (χ3n) is 4.52. The van der Waals surface area contributed by atoms with Gasteiger partial charge in [0.05, 0.1) is 14.2 Å². The number of nitrogens with one attached hydrogen (secondary N) is 1. The van der Waals surface area contributed by atoms with Crippen molar-refractivity contribution in [1.29, 1.82) is 0 Å². The standard InChI is InChI=1S/C23H24N2O5/c1-28-19-11-10-18-14-21(24-20(18)15-19)22(26)25(16-17-8-4-3-5-9-17)12-6-7-13-30-23(27)29-2/h3-11,14-15,24H,12-13,16H2,1-2H3/b7-6+. The van der Waals surface area contributed by atoms with Crippen LogP contribution in [0.5, 0.6) is 5.75 Å². The second kappa shape index (κ2) is 10.2. The Bertz CT molecular complexity index is 1030. The second-order valence-electron chi connectivity index (χ2n) is 6.54. The lowest BCUT2D eigenvalue weighted by molar-refractivity contribution is 0.0751. The predicted octanol–water partition coefficient (Wildman–Crippen LogP) is 4.16. The van der Waals surface area contributed by atoms with Crippen LogP contribution in [0.3, 0.4) is 0 Å². The maximum Gasteiger partial charge on any atom is 0.508 e. The number of carbonyl (C=O) groups is 2. The molecule has 7 heteroatoms. The van der Waals surface area contributed by atoms with Crippen molar-refractivity contribution >= 4 is 23.0 Å². The van der Waals surface area contributed by atoms with Gasteiger partial charge in [0.2, 0.25) is 0 Å². The molecule has 0 radical (unpaired) electrons. The molecule has 0 aliphatic rings. The van der Waals surface area contributed by atoms with Crippen LogP contribution in [0.1, 0.15) is 16.1 Å². The van der Waals surface area contributed by atoms with Crippen LogP contribution in [0, 0.1) is 0 Å². The molecule has 0 spiro atoms. The van der Waals surface area contributed by atoms with Crippen molar-refractivity contribution in [3.63, 3.8) is 0 Å². The van der Waals surface area contributed by atoms with Crippen LogP contribution in [0.25, 0.3) is 10.9 Å². The molecule has 1 heterocycles. The maximum absolute atomic E-state index is 13.2. The molecule has 0 saturated carbocycles. The maximum atomic E-state index is 13.2. The number of fused-ring (bicyclic) bond motifs is 1. The molecule has 0 saturated heterocycles. The largest absolute Gasteiger partial charge is 0.508 e. The summed E-state index contributed by atoms with van der Waals surface area (Å²) in [6, 6.07) is 17.2. The summed E-state index contributed by atoms with van der Waals surface area (Å²) in [5, 5.41) is 0.931. The average molecular weight is 408 g/mol. The number of amides is 1. The fraction of sp³-hybridized carbons (Fsp3) is 0.217. The minimum atomic E-state index is -0.745. The van der Waals surface area contributed by atoms with Crippen LogP contribution in [-0.4, -0.2) is 49.3 Å². The van der Waals surface area contributed by atoms with Crippen LogP contribution in [0.4, 0.5) is 4.79 Å². The van der Waals surface area contributed by atoms with E-state index < -0.39 is 6.16 Å². The van der Waals surface area contributed by atoms with Gasteiger partial charge in [0.25, 0.3) is 5.91 Å². The summed E-state index contributed by atoms with van der Waals surface area (Å²) in [5.74, 6) is 0.589. The molecule has 1 amide bonds. The van der Waals surface area contributed by atoms with Crippen molar-refractivity contribution < 1.29 is 23.8 Å². The summed E-state index contributed by atoms with van der Waals surface area (Å²) < 4.78 is 14.5. The van der Waals surface area contributed by atoms with Gasteiger partial charge in [-0.15, -0.1) is 0 Å². The summed E-state index contributed by atoms with van der Waals surface area (Å²) in [7, 11) is 2.86. The lowest BCUT2D eigenvalue weighted by Crippen LogP contribution is -2.31. The molecule has 2 aromatic carbocycles. The normalized spacial score (nSPS) is 10.9. The number of hydrogen-bond donors (Lipinski definition) is 1. The first-order chi connectivity index (χ1) is 14.6. The molecule has 0 atom stereocenters. The van der Waals surface area contributed by atoms with Crippen LogP contribution >= 0.6 is 0 Å². The highest BCUT2D eigenvalue weighted by atomic mass is 16.7. The van der Waals surface area contributed by atoms with Gasteiger partial charge in [0.15, 0.2) is 0 Å². The van der Waals surface area contributed by atoms with Crippen molar-refractivity contribution in [2.45, 2.75) is 6.54 Å². The van der Waals surface area contributed by atoms with Crippen molar-refractivity contribution in [3.8, 4) is 5.75 Å². The average Bonchev–Trinajstić information content (AvgIpc) is 3.21. The Balaban J connectivity index is 1.77. The Morgan fingerprint density at radius 3 is 2.57 bits per heavy atom. The lowest BCUT2D eigenvalue weighted by Gasteiger charge is -2.21. The number of nitrogens with zero attached hydrogens (tertiary/aromatic N) is 1. The zero-order valence-electron chi connectivity index (χ0n) is 17.0. The second-order valence-corrected chi connectivity index (χ2v) is 6.54. The fourth-order valence-corrected chi connectivity index (χ4v) is 2.99. The van der Waals surface area contributed by atoms with Gasteiger partial charge in [-0.2, -0.15) is 0 Å². The van der Waals surface area contributed by atoms with E-state index in [9.17, 15) is 9.59 Å². The minimum Gasteiger partial charge on any atom is -0.497 e. The number of H-pyrrole nitrogens is 1. The monoisotopic (exact) mass is 408 g/mol. The number of ether oxygens (including phenoxy) is 3. The predicted molar refractivity (Wildman–Crippen MR) is 114 cm³/mol. The Morgan fingerprint density at radius 2 is 1.83 bits per heavy atom. The van der Waals surface area contributed by atoms with Crippen molar-refractivity contribution in [2.24, 2.45) is 0 Å². The molecule has 0 unspecified atom stereocenters.